The molecule has 0 radical (unpaired) electrons. The molecule has 136 valence electrons. The average molecular weight is 384 g/mol. The van der Waals surface area contributed by atoms with Crippen LogP contribution in [0.4, 0.5) is 5.69 Å². The molecular formula is C21H25N3S2. The fourth-order valence-corrected chi connectivity index (χ4v) is 5.07. The molecule has 0 saturated carbocycles. The van der Waals surface area contributed by atoms with Gasteiger partial charge >= 0.3 is 0 Å². The molecule has 1 atom stereocenters. The Morgan fingerprint density at radius 3 is 2.73 bits per heavy atom. The predicted molar refractivity (Wildman–Crippen MR) is 112 cm³/mol. The van der Waals surface area contributed by atoms with Crippen LogP contribution in [0.2, 0.25) is 0 Å². The summed E-state index contributed by atoms with van der Waals surface area (Å²) in [6.07, 6.45) is 5.53. The van der Waals surface area contributed by atoms with E-state index in [1.807, 2.05) is 6.20 Å². The summed E-state index contributed by atoms with van der Waals surface area (Å²) in [5.41, 5.74) is 5.51. The molecule has 26 heavy (non-hydrogen) atoms. The van der Waals surface area contributed by atoms with E-state index in [4.69, 9.17) is 0 Å². The Kier molecular flexibility index (Phi) is 5.68. The highest BCUT2D eigenvalue weighted by atomic mass is 32.1. The molecule has 0 bridgehead atoms. The molecule has 1 N–H and O–H groups in total. The van der Waals surface area contributed by atoms with Crippen LogP contribution in [0.5, 0.6) is 0 Å². The van der Waals surface area contributed by atoms with Gasteiger partial charge in [0.1, 0.15) is 5.01 Å². The normalized spacial score (nSPS) is 15.5. The first-order valence-corrected chi connectivity index (χ1v) is 11.1. The summed E-state index contributed by atoms with van der Waals surface area (Å²) < 4.78 is 0. The van der Waals surface area contributed by atoms with Crippen molar-refractivity contribution in [3.8, 4) is 0 Å². The van der Waals surface area contributed by atoms with Gasteiger partial charge in [0, 0.05) is 36.9 Å². The molecule has 4 rings (SSSR count). The SMILES string of the molecule is Cc1cc(CNC(Cc2ccsc2)c2nccs2)ccc1N1CCCC1. The molecular weight excluding hydrogens is 358 g/mol. The van der Waals surface area contributed by atoms with Crippen LogP contribution in [0.1, 0.15) is 40.6 Å². The summed E-state index contributed by atoms with van der Waals surface area (Å²) >= 11 is 3.49. The zero-order chi connectivity index (χ0) is 17.8. The molecule has 1 aliphatic rings. The number of benzene rings is 1. The second kappa shape index (κ2) is 8.33. The highest BCUT2D eigenvalue weighted by Gasteiger charge is 2.17. The van der Waals surface area contributed by atoms with Crippen LogP contribution in [0.25, 0.3) is 0 Å². The van der Waals surface area contributed by atoms with E-state index in [0.29, 0.717) is 0 Å². The molecule has 2 aromatic heterocycles. The molecule has 1 fully saturated rings. The number of nitrogens with one attached hydrogen (secondary N) is 1. The van der Waals surface area contributed by atoms with Gasteiger partial charge in [0.05, 0.1) is 6.04 Å². The Morgan fingerprint density at radius 2 is 2.04 bits per heavy atom. The first kappa shape index (κ1) is 17.7. The molecule has 1 saturated heterocycles. The summed E-state index contributed by atoms with van der Waals surface area (Å²) in [7, 11) is 0. The van der Waals surface area contributed by atoms with Gasteiger partial charge in [0.2, 0.25) is 0 Å². The van der Waals surface area contributed by atoms with Crippen molar-refractivity contribution >= 4 is 28.4 Å². The minimum absolute atomic E-state index is 0.267. The maximum absolute atomic E-state index is 4.55. The van der Waals surface area contributed by atoms with Gasteiger partial charge in [0.25, 0.3) is 0 Å². The Balaban J connectivity index is 1.44. The van der Waals surface area contributed by atoms with Crippen molar-refractivity contribution in [2.75, 3.05) is 18.0 Å². The Hall–Kier alpha value is -1.69. The third-order valence-electron chi connectivity index (χ3n) is 5.03. The third kappa shape index (κ3) is 4.17. The standard InChI is InChI=1S/C21H25N3S2/c1-16-12-17(4-5-20(16)24-8-2-3-9-24)14-23-19(21-22-7-11-26-21)13-18-6-10-25-15-18/h4-7,10-12,15,19,23H,2-3,8-9,13-14H2,1H3. The maximum Gasteiger partial charge on any atom is 0.110 e. The zero-order valence-electron chi connectivity index (χ0n) is 15.1. The third-order valence-corrected chi connectivity index (χ3v) is 6.65. The molecule has 0 spiro atoms. The highest BCUT2D eigenvalue weighted by molar-refractivity contribution is 7.09. The molecule has 1 unspecified atom stereocenters. The van der Waals surface area contributed by atoms with E-state index in [2.05, 4.69) is 62.5 Å². The number of aromatic nitrogens is 1. The molecule has 3 aromatic rings. The van der Waals surface area contributed by atoms with Crippen molar-refractivity contribution in [3.05, 3.63) is 68.3 Å². The van der Waals surface area contributed by atoms with E-state index in [0.717, 1.165) is 13.0 Å². The number of rotatable bonds is 7. The predicted octanol–water partition coefficient (Wildman–Crippen LogP) is 5.19. The molecule has 0 aliphatic carbocycles. The van der Waals surface area contributed by atoms with Gasteiger partial charge in [-0.1, -0.05) is 12.1 Å². The van der Waals surface area contributed by atoms with E-state index in [1.54, 1.807) is 22.7 Å². The van der Waals surface area contributed by atoms with Gasteiger partial charge in [-0.15, -0.1) is 11.3 Å². The lowest BCUT2D eigenvalue weighted by atomic mass is 10.1. The summed E-state index contributed by atoms with van der Waals surface area (Å²) in [6.45, 7) is 5.51. The van der Waals surface area contributed by atoms with Crippen molar-refractivity contribution in [2.24, 2.45) is 0 Å². The van der Waals surface area contributed by atoms with Gasteiger partial charge < -0.3 is 10.2 Å². The average Bonchev–Trinajstić information content (AvgIpc) is 3.42. The van der Waals surface area contributed by atoms with Crippen LogP contribution >= 0.6 is 22.7 Å². The van der Waals surface area contributed by atoms with Crippen molar-refractivity contribution in [1.29, 1.82) is 0 Å². The van der Waals surface area contributed by atoms with E-state index < -0.39 is 0 Å². The minimum atomic E-state index is 0.267. The van der Waals surface area contributed by atoms with Crippen LogP contribution in [0, 0.1) is 6.92 Å². The van der Waals surface area contributed by atoms with E-state index in [-0.39, 0.29) is 6.04 Å². The maximum atomic E-state index is 4.55. The van der Waals surface area contributed by atoms with Crippen LogP contribution in [-0.2, 0) is 13.0 Å². The van der Waals surface area contributed by atoms with Crippen molar-refractivity contribution in [1.82, 2.24) is 10.3 Å². The Morgan fingerprint density at radius 1 is 1.15 bits per heavy atom. The minimum Gasteiger partial charge on any atom is -0.371 e. The van der Waals surface area contributed by atoms with Gasteiger partial charge in [0.15, 0.2) is 0 Å². The first-order valence-electron chi connectivity index (χ1n) is 9.28. The fourth-order valence-electron chi connectivity index (χ4n) is 3.68. The monoisotopic (exact) mass is 383 g/mol. The smallest absolute Gasteiger partial charge is 0.110 e. The zero-order valence-corrected chi connectivity index (χ0v) is 16.8. The van der Waals surface area contributed by atoms with Crippen LogP contribution < -0.4 is 10.2 Å². The van der Waals surface area contributed by atoms with Crippen LogP contribution in [0.15, 0.2) is 46.6 Å². The van der Waals surface area contributed by atoms with Crippen LogP contribution in [0.3, 0.4) is 0 Å². The highest BCUT2D eigenvalue weighted by Crippen LogP contribution is 2.26. The largest absolute Gasteiger partial charge is 0.371 e. The first-order chi connectivity index (χ1) is 12.8. The number of hydrogen-bond acceptors (Lipinski definition) is 5. The summed E-state index contributed by atoms with van der Waals surface area (Å²) in [4.78, 5) is 7.06. The summed E-state index contributed by atoms with van der Waals surface area (Å²) in [5, 5.41) is 11.3. The summed E-state index contributed by atoms with van der Waals surface area (Å²) in [5.74, 6) is 0. The van der Waals surface area contributed by atoms with Crippen molar-refractivity contribution in [2.45, 2.75) is 38.8 Å². The van der Waals surface area contributed by atoms with Gasteiger partial charge in [-0.25, -0.2) is 4.98 Å². The quantitative estimate of drug-likeness (QED) is 0.609. The molecule has 3 nitrogen and oxygen atoms in total. The number of nitrogens with zero attached hydrogens (tertiary/aromatic N) is 2. The second-order valence-electron chi connectivity index (χ2n) is 6.95. The Labute approximate surface area is 163 Å². The van der Waals surface area contributed by atoms with Gasteiger partial charge in [-0.2, -0.15) is 11.3 Å². The fraction of sp³-hybridized carbons (Fsp3) is 0.381. The van der Waals surface area contributed by atoms with E-state index >= 15 is 0 Å². The topological polar surface area (TPSA) is 28.2 Å². The summed E-state index contributed by atoms with van der Waals surface area (Å²) in [6, 6.07) is 9.39. The van der Waals surface area contributed by atoms with Crippen molar-refractivity contribution in [3.63, 3.8) is 0 Å². The lowest BCUT2D eigenvalue weighted by molar-refractivity contribution is 0.528. The molecule has 3 heterocycles. The lowest BCUT2D eigenvalue weighted by Gasteiger charge is -2.21. The molecule has 1 aromatic carbocycles. The Bertz CT molecular complexity index is 806. The van der Waals surface area contributed by atoms with Gasteiger partial charge in [-0.05, 0) is 65.8 Å². The van der Waals surface area contributed by atoms with Crippen molar-refractivity contribution < 1.29 is 0 Å². The number of thiazole rings is 1. The van der Waals surface area contributed by atoms with Gasteiger partial charge in [-0.3, -0.25) is 0 Å². The van der Waals surface area contributed by atoms with E-state index in [1.165, 1.54) is 53.3 Å². The number of anilines is 1. The molecule has 1 aliphatic heterocycles. The van der Waals surface area contributed by atoms with Crippen LogP contribution in [-0.4, -0.2) is 18.1 Å². The van der Waals surface area contributed by atoms with E-state index in [9.17, 15) is 0 Å². The lowest BCUT2D eigenvalue weighted by Crippen LogP contribution is -2.23. The molecule has 0 amide bonds. The second-order valence-corrected chi connectivity index (χ2v) is 8.66. The number of thiophene rings is 1. The number of hydrogen-bond donors (Lipinski definition) is 1. The molecule has 5 heteroatoms. The number of aryl methyl sites for hydroxylation is 1.